The molecular formula is C16H16N2O3. The summed E-state index contributed by atoms with van der Waals surface area (Å²) in [4.78, 5) is 24.3. The minimum atomic E-state index is -0.535. The topological polar surface area (TPSA) is 63.5 Å². The van der Waals surface area contributed by atoms with Gasteiger partial charge in [0.25, 0.3) is 11.6 Å². The fourth-order valence-electron chi connectivity index (χ4n) is 2.06. The number of aryl methyl sites for hydroxylation is 1. The summed E-state index contributed by atoms with van der Waals surface area (Å²) in [5.41, 5.74) is 2.07. The van der Waals surface area contributed by atoms with Crippen molar-refractivity contribution >= 4 is 11.6 Å². The first kappa shape index (κ1) is 14.7. The van der Waals surface area contributed by atoms with Gasteiger partial charge in [-0.3, -0.25) is 14.9 Å². The molecule has 108 valence electrons. The van der Waals surface area contributed by atoms with Gasteiger partial charge in [0.15, 0.2) is 0 Å². The first-order chi connectivity index (χ1) is 9.99. The minimum absolute atomic E-state index is 0.108. The van der Waals surface area contributed by atoms with Gasteiger partial charge in [0.1, 0.15) is 5.56 Å². The molecule has 2 aromatic carbocycles. The summed E-state index contributed by atoms with van der Waals surface area (Å²) in [7, 11) is 1.64. The molecule has 0 spiro atoms. The van der Waals surface area contributed by atoms with E-state index in [-0.39, 0.29) is 17.2 Å². The van der Waals surface area contributed by atoms with Crippen molar-refractivity contribution in [1.29, 1.82) is 0 Å². The first-order valence-electron chi connectivity index (χ1n) is 6.53. The maximum absolute atomic E-state index is 12.4. The number of nitrogens with zero attached hydrogens (tertiary/aromatic N) is 2. The zero-order valence-corrected chi connectivity index (χ0v) is 11.9. The molecule has 0 N–H and O–H groups in total. The van der Waals surface area contributed by atoms with Crippen LogP contribution in [0.4, 0.5) is 5.69 Å². The molecule has 0 saturated heterocycles. The van der Waals surface area contributed by atoms with Gasteiger partial charge in [-0.1, -0.05) is 42.0 Å². The zero-order valence-electron chi connectivity index (χ0n) is 11.9. The molecule has 0 bridgehead atoms. The van der Waals surface area contributed by atoms with Gasteiger partial charge in [0, 0.05) is 19.7 Å². The number of hydrogen-bond donors (Lipinski definition) is 0. The van der Waals surface area contributed by atoms with Crippen molar-refractivity contribution in [1.82, 2.24) is 4.90 Å². The molecule has 5 nitrogen and oxygen atoms in total. The lowest BCUT2D eigenvalue weighted by Gasteiger charge is -2.17. The van der Waals surface area contributed by atoms with Crippen LogP contribution in [0, 0.1) is 17.0 Å². The van der Waals surface area contributed by atoms with Crippen molar-refractivity contribution < 1.29 is 9.72 Å². The molecule has 21 heavy (non-hydrogen) atoms. The molecule has 2 aromatic rings. The number of carbonyl (C=O) groups excluding carboxylic acids is 1. The van der Waals surface area contributed by atoms with Gasteiger partial charge < -0.3 is 4.90 Å². The molecule has 0 atom stereocenters. The van der Waals surface area contributed by atoms with Crippen molar-refractivity contribution in [2.75, 3.05) is 7.05 Å². The van der Waals surface area contributed by atoms with E-state index in [2.05, 4.69) is 0 Å². The summed E-state index contributed by atoms with van der Waals surface area (Å²) in [5, 5.41) is 11.0. The summed E-state index contributed by atoms with van der Waals surface area (Å²) < 4.78 is 0. The van der Waals surface area contributed by atoms with Gasteiger partial charge >= 0.3 is 0 Å². The Kier molecular flexibility index (Phi) is 4.33. The third kappa shape index (κ3) is 3.45. The highest BCUT2D eigenvalue weighted by Gasteiger charge is 2.22. The standard InChI is InChI=1S/C16H16N2O3/c1-12-7-9-13(10-8-12)11-17(2)16(19)14-5-3-4-6-15(14)18(20)21/h3-10H,11H2,1-2H3. The van der Waals surface area contributed by atoms with Crippen molar-refractivity contribution in [2.45, 2.75) is 13.5 Å². The van der Waals surface area contributed by atoms with E-state index in [1.165, 1.54) is 17.0 Å². The molecule has 0 fully saturated rings. The molecule has 2 rings (SSSR count). The average Bonchev–Trinajstić information content (AvgIpc) is 2.48. The predicted octanol–water partition coefficient (Wildman–Crippen LogP) is 3.18. The summed E-state index contributed by atoms with van der Waals surface area (Å²) in [5.74, 6) is -0.358. The van der Waals surface area contributed by atoms with Crippen LogP contribution in [0.2, 0.25) is 0 Å². The second kappa shape index (κ2) is 6.17. The molecule has 0 aliphatic carbocycles. The zero-order chi connectivity index (χ0) is 15.4. The third-order valence-electron chi connectivity index (χ3n) is 3.22. The quantitative estimate of drug-likeness (QED) is 0.640. The Bertz CT molecular complexity index is 665. The van der Waals surface area contributed by atoms with E-state index in [1.807, 2.05) is 31.2 Å². The van der Waals surface area contributed by atoms with E-state index in [9.17, 15) is 14.9 Å². The molecule has 0 saturated carbocycles. The molecule has 0 aliphatic rings. The van der Waals surface area contributed by atoms with E-state index in [1.54, 1.807) is 19.2 Å². The smallest absolute Gasteiger partial charge is 0.282 e. The Balaban J connectivity index is 2.20. The van der Waals surface area contributed by atoms with E-state index in [4.69, 9.17) is 0 Å². The summed E-state index contributed by atoms with van der Waals surface area (Å²) in [6.45, 7) is 2.40. The molecule has 0 aliphatic heterocycles. The number of carbonyl (C=O) groups is 1. The highest BCUT2D eigenvalue weighted by atomic mass is 16.6. The van der Waals surface area contributed by atoms with Crippen molar-refractivity contribution in [3.8, 4) is 0 Å². The number of nitro groups is 1. The second-order valence-electron chi connectivity index (χ2n) is 4.92. The Labute approximate surface area is 123 Å². The number of rotatable bonds is 4. The van der Waals surface area contributed by atoms with E-state index in [0.29, 0.717) is 6.54 Å². The molecule has 0 heterocycles. The van der Waals surface area contributed by atoms with Crippen LogP contribution in [-0.4, -0.2) is 22.8 Å². The van der Waals surface area contributed by atoms with Crippen LogP contribution in [0.25, 0.3) is 0 Å². The van der Waals surface area contributed by atoms with E-state index < -0.39 is 4.92 Å². The number of benzene rings is 2. The second-order valence-corrected chi connectivity index (χ2v) is 4.92. The van der Waals surface area contributed by atoms with Crippen molar-refractivity contribution in [3.63, 3.8) is 0 Å². The Morgan fingerprint density at radius 2 is 1.76 bits per heavy atom. The predicted molar refractivity (Wildman–Crippen MR) is 80.1 cm³/mol. The highest BCUT2D eigenvalue weighted by Crippen LogP contribution is 2.20. The van der Waals surface area contributed by atoms with Gasteiger partial charge in [-0.25, -0.2) is 0 Å². The van der Waals surface area contributed by atoms with Gasteiger partial charge in [0.2, 0.25) is 0 Å². The number of para-hydroxylation sites is 1. The van der Waals surface area contributed by atoms with Gasteiger partial charge in [-0.05, 0) is 18.6 Å². The number of amides is 1. The average molecular weight is 284 g/mol. The Morgan fingerprint density at radius 1 is 1.14 bits per heavy atom. The minimum Gasteiger partial charge on any atom is -0.337 e. The highest BCUT2D eigenvalue weighted by molar-refractivity contribution is 5.97. The maximum atomic E-state index is 12.4. The van der Waals surface area contributed by atoms with E-state index >= 15 is 0 Å². The van der Waals surface area contributed by atoms with Gasteiger partial charge in [0.05, 0.1) is 4.92 Å². The summed E-state index contributed by atoms with van der Waals surface area (Å²) in [6, 6.07) is 13.8. The van der Waals surface area contributed by atoms with Crippen LogP contribution in [-0.2, 0) is 6.54 Å². The van der Waals surface area contributed by atoms with Crippen LogP contribution < -0.4 is 0 Å². The lowest BCUT2D eigenvalue weighted by molar-refractivity contribution is -0.385. The van der Waals surface area contributed by atoms with Crippen LogP contribution >= 0.6 is 0 Å². The van der Waals surface area contributed by atoms with E-state index in [0.717, 1.165) is 11.1 Å². The van der Waals surface area contributed by atoms with Crippen molar-refractivity contribution in [3.05, 3.63) is 75.3 Å². The van der Waals surface area contributed by atoms with Crippen LogP contribution in [0.15, 0.2) is 48.5 Å². The molecule has 0 unspecified atom stereocenters. The lowest BCUT2D eigenvalue weighted by Crippen LogP contribution is -2.26. The normalized spacial score (nSPS) is 10.2. The molecular weight excluding hydrogens is 268 g/mol. The van der Waals surface area contributed by atoms with Crippen LogP contribution in [0.3, 0.4) is 0 Å². The van der Waals surface area contributed by atoms with Crippen LogP contribution in [0.5, 0.6) is 0 Å². The lowest BCUT2D eigenvalue weighted by atomic mass is 10.1. The number of nitro benzene ring substituents is 1. The number of hydrogen-bond acceptors (Lipinski definition) is 3. The fraction of sp³-hybridized carbons (Fsp3) is 0.188. The molecule has 0 radical (unpaired) electrons. The molecule has 1 amide bonds. The fourth-order valence-corrected chi connectivity index (χ4v) is 2.06. The third-order valence-corrected chi connectivity index (χ3v) is 3.22. The Hall–Kier alpha value is -2.69. The monoisotopic (exact) mass is 284 g/mol. The van der Waals surface area contributed by atoms with Crippen LogP contribution in [0.1, 0.15) is 21.5 Å². The summed E-state index contributed by atoms with van der Waals surface area (Å²) >= 11 is 0. The van der Waals surface area contributed by atoms with Crippen molar-refractivity contribution in [2.24, 2.45) is 0 Å². The molecule has 5 heteroatoms. The van der Waals surface area contributed by atoms with Gasteiger partial charge in [-0.2, -0.15) is 0 Å². The summed E-state index contributed by atoms with van der Waals surface area (Å²) in [6.07, 6.45) is 0. The Morgan fingerprint density at radius 3 is 2.38 bits per heavy atom. The molecule has 0 aromatic heterocycles. The first-order valence-corrected chi connectivity index (χ1v) is 6.53. The maximum Gasteiger partial charge on any atom is 0.282 e. The SMILES string of the molecule is Cc1ccc(CN(C)C(=O)c2ccccc2[N+](=O)[O-])cc1. The van der Waals surface area contributed by atoms with Gasteiger partial charge in [-0.15, -0.1) is 0 Å². The largest absolute Gasteiger partial charge is 0.337 e.